The van der Waals surface area contributed by atoms with Crippen molar-refractivity contribution in [2.24, 2.45) is 0 Å². The number of aromatic nitrogens is 1. The van der Waals surface area contributed by atoms with E-state index in [1.807, 2.05) is 0 Å². The van der Waals surface area contributed by atoms with Crippen molar-refractivity contribution in [3.8, 4) is 0 Å². The van der Waals surface area contributed by atoms with Gasteiger partial charge < -0.3 is 4.42 Å². The molecule has 4 heteroatoms. The molecule has 3 nitrogen and oxygen atoms in total. The Morgan fingerprint density at radius 2 is 2.06 bits per heavy atom. The SMILES string of the molecule is O=c1oc2ccc(F)cc2c2ncccc12. The second kappa shape index (κ2) is 3.13. The molecule has 78 valence electrons. The Morgan fingerprint density at radius 3 is 2.94 bits per heavy atom. The minimum atomic E-state index is -0.456. The molecule has 0 amide bonds. The van der Waals surface area contributed by atoms with Crippen molar-refractivity contribution in [2.45, 2.75) is 0 Å². The van der Waals surface area contributed by atoms with Gasteiger partial charge in [0, 0.05) is 11.6 Å². The molecule has 0 unspecified atom stereocenters. The van der Waals surface area contributed by atoms with Crippen molar-refractivity contribution in [1.82, 2.24) is 4.98 Å². The maximum atomic E-state index is 13.1. The third-order valence-corrected chi connectivity index (χ3v) is 2.43. The van der Waals surface area contributed by atoms with Crippen LogP contribution >= 0.6 is 0 Å². The number of benzene rings is 1. The number of halogens is 1. The van der Waals surface area contributed by atoms with E-state index in [-0.39, 0.29) is 5.82 Å². The lowest BCUT2D eigenvalue weighted by Gasteiger charge is -2.00. The zero-order valence-corrected chi connectivity index (χ0v) is 8.11. The minimum Gasteiger partial charge on any atom is -0.422 e. The summed E-state index contributed by atoms with van der Waals surface area (Å²) in [5.41, 5.74) is 0.355. The number of nitrogens with zero attached hydrogens (tertiary/aromatic N) is 1. The third kappa shape index (κ3) is 1.20. The van der Waals surface area contributed by atoms with Gasteiger partial charge in [-0.15, -0.1) is 0 Å². The van der Waals surface area contributed by atoms with Gasteiger partial charge in [0.1, 0.15) is 11.4 Å². The molecule has 2 aromatic heterocycles. The largest absolute Gasteiger partial charge is 0.422 e. The Kier molecular flexibility index (Phi) is 1.77. The number of fused-ring (bicyclic) bond motifs is 3. The highest BCUT2D eigenvalue weighted by atomic mass is 19.1. The summed E-state index contributed by atoms with van der Waals surface area (Å²) in [5, 5.41) is 0.871. The van der Waals surface area contributed by atoms with Crippen LogP contribution in [0, 0.1) is 5.82 Å². The highest BCUT2D eigenvalue weighted by molar-refractivity contribution is 6.01. The molecule has 0 N–H and O–H groups in total. The Morgan fingerprint density at radius 1 is 1.19 bits per heavy atom. The van der Waals surface area contributed by atoms with Crippen molar-refractivity contribution in [3.05, 3.63) is 52.8 Å². The second-order valence-corrected chi connectivity index (χ2v) is 3.43. The van der Waals surface area contributed by atoms with Gasteiger partial charge in [0.25, 0.3) is 0 Å². The molecule has 3 aromatic rings. The van der Waals surface area contributed by atoms with Crippen molar-refractivity contribution >= 4 is 21.9 Å². The van der Waals surface area contributed by atoms with E-state index >= 15 is 0 Å². The molecule has 0 fully saturated rings. The topological polar surface area (TPSA) is 43.1 Å². The minimum absolute atomic E-state index is 0.345. The predicted octanol–water partition coefficient (Wildman–Crippen LogP) is 2.48. The molecule has 16 heavy (non-hydrogen) atoms. The first-order valence-corrected chi connectivity index (χ1v) is 4.73. The Hall–Kier alpha value is -2.23. The van der Waals surface area contributed by atoms with Gasteiger partial charge in [0.05, 0.1) is 10.9 Å². The average Bonchev–Trinajstić information content (AvgIpc) is 2.31. The van der Waals surface area contributed by atoms with Gasteiger partial charge in [-0.3, -0.25) is 4.98 Å². The smallest absolute Gasteiger partial charge is 0.345 e. The van der Waals surface area contributed by atoms with Crippen LogP contribution in [-0.4, -0.2) is 4.98 Å². The fourth-order valence-electron chi connectivity index (χ4n) is 1.72. The summed E-state index contributed by atoms with van der Waals surface area (Å²) in [6.07, 6.45) is 1.56. The molecule has 0 aliphatic heterocycles. The van der Waals surface area contributed by atoms with E-state index in [1.165, 1.54) is 18.2 Å². The lowest BCUT2D eigenvalue weighted by atomic mass is 10.1. The molecule has 0 atom stereocenters. The zero-order chi connectivity index (χ0) is 11.1. The molecule has 0 aliphatic carbocycles. The van der Waals surface area contributed by atoms with Gasteiger partial charge in [-0.05, 0) is 30.3 Å². The fraction of sp³-hybridized carbons (Fsp3) is 0. The van der Waals surface area contributed by atoms with Gasteiger partial charge in [0.2, 0.25) is 0 Å². The molecule has 0 saturated heterocycles. The molecule has 0 radical (unpaired) electrons. The van der Waals surface area contributed by atoms with Crippen LogP contribution in [0.5, 0.6) is 0 Å². The van der Waals surface area contributed by atoms with Crippen LogP contribution < -0.4 is 5.63 Å². The van der Waals surface area contributed by atoms with Crippen LogP contribution in [0.1, 0.15) is 0 Å². The highest BCUT2D eigenvalue weighted by Crippen LogP contribution is 2.21. The lowest BCUT2D eigenvalue weighted by molar-refractivity contribution is 0.566. The molecule has 0 aliphatic rings. The second-order valence-electron chi connectivity index (χ2n) is 3.43. The molecule has 2 heterocycles. The predicted molar refractivity (Wildman–Crippen MR) is 57.7 cm³/mol. The summed E-state index contributed by atoms with van der Waals surface area (Å²) in [5.74, 6) is -0.381. The number of rotatable bonds is 0. The fourth-order valence-corrected chi connectivity index (χ4v) is 1.72. The molecule has 0 bridgehead atoms. The molecule has 3 rings (SSSR count). The van der Waals surface area contributed by atoms with E-state index in [4.69, 9.17) is 4.42 Å². The lowest BCUT2D eigenvalue weighted by Crippen LogP contribution is -2.00. The average molecular weight is 215 g/mol. The van der Waals surface area contributed by atoms with Crippen LogP contribution in [0.3, 0.4) is 0 Å². The quantitative estimate of drug-likeness (QED) is 0.427. The third-order valence-electron chi connectivity index (χ3n) is 2.43. The van der Waals surface area contributed by atoms with Gasteiger partial charge in [-0.2, -0.15) is 0 Å². The monoisotopic (exact) mass is 215 g/mol. The van der Waals surface area contributed by atoms with E-state index < -0.39 is 5.63 Å². The molecule has 0 saturated carbocycles. The summed E-state index contributed by atoms with van der Waals surface area (Å²) >= 11 is 0. The summed E-state index contributed by atoms with van der Waals surface area (Å²) in [6.45, 7) is 0. The maximum absolute atomic E-state index is 13.1. The van der Waals surface area contributed by atoms with E-state index in [0.717, 1.165) is 0 Å². The summed E-state index contributed by atoms with van der Waals surface area (Å²) < 4.78 is 18.2. The summed E-state index contributed by atoms with van der Waals surface area (Å²) in [7, 11) is 0. The van der Waals surface area contributed by atoms with Crippen molar-refractivity contribution < 1.29 is 8.81 Å². The number of hydrogen-bond acceptors (Lipinski definition) is 3. The number of pyridine rings is 1. The van der Waals surface area contributed by atoms with E-state index in [2.05, 4.69) is 4.98 Å². The first-order valence-electron chi connectivity index (χ1n) is 4.73. The molecular formula is C12H6FNO2. The zero-order valence-electron chi connectivity index (χ0n) is 8.11. The number of hydrogen-bond donors (Lipinski definition) is 0. The first-order chi connectivity index (χ1) is 7.75. The molecule has 1 aromatic carbocycles. The van der Waals surface area contributed by atoms with Gasteiger partial charge in [-0.1, -0.05) is 0 Å². The Bertz CT molecular complexity index is 749. The molecule has 0 spiro atoms. The summed E-state index contributed by atoms with van der Waals surface area (Å²) in [6, 6.07) is 7.25. The van der Waals surface area contributed by atoms with Crippen LogP contribution in [-0.2, 0) is 0 Å². The normalized spacial score (nSPS) is 11.1. The van der Waals surface area contributed by atoms with Crippen LogP contribution in [0.15, 0.2) is 45.7 Å². The van der Waals surface area contributed by atoms with Crippen LogP contribution in [0.4, 0.5) is 4.39 Å². The Balaban J connectivity index is 2.66. The van der Waals surface area contributed by atoms with Crippen LogP contribution in [0.2, 0.25) is 0 Å². The highest BCUT2D eigenvalue weighted by Gasteiger charge is 2.08. The van der Waals surface area contributed by atoms with E-state index in [1.54, 1.807) is 18.3 Å². The van der Waals surface area contributed by atoms with Crippen LogP contribution in [0.25, 0.3) is 21.9 Å². The van der Waals surface area contributed by atoms with Crippen molar-refractivity contribution in [2.75, 3.05) is 0 Å². The van der Waals surface area contributed by atoms with Gasteiger partial charge in [0.15, 0.2) is 0 Å². The Labute approximate surface area is 89.1 Å². The standard InChI is InChI=1S/C12H6FNO2/c13-7-3-4-10-9(6-7)11-8(12(15)16-10)2-1-5-14-11/h1-6H. The first kappa shape index (κ1) is 9.03. The van der Waals surface area contributed by atoms with E-state index in [9.17, 15) is 9.18 Å². The molecular weight excluding hydrogens is 209 g/mol. The van der Waals surface area contributed by atoms with Gasteiger partial charge >= 0.3 is 5.63 Å². The van der Waals surface area contributed by atoms with Crippen molar-refractivity contribution in [1.29, 1.82) is 0 Å². The maximum Gasteiger partial charge on any atom is 0.345 e. The van der Waals surface area contributed by atoms with Gasteiger partial charge in [-0.25, -0.2) is 9.18 Å². The van der Waals surface area contributed by atoms with Crippen molar-refractivity contribution in [3.63, 3.8) is 0 Å². The summed E-state index contributed by atoms with van der Waals surface area (Å²) in [4.78, 5) is 15.7. The van der Waals surface area contributed by atoms with E-state index in [0.29, 0.717) is 21.9 Å².